The van der Waals surface area contributed by atoms with Crippen LogP contribution in [0.25, 0.3) is 0 Å². The van der Waals surface area contributed by atoms with E-state index in [-0.39, 0.29) is 5.54 Å². The minimum absolute atomic E-state index is 0.0413. The van der Waals surface area contributed by atoms with E-state index in [4.69, 9.17) is 4.74 Å². The van der Waals surface area contributed by atoms with Crippen LogP contribution in [0.4, 0.5) is 0 Å². The van der Waals surface area contributed by atoms with Gasteiger partial charge in [-0.3, -0.25) is 0 Å². The highest BCUT2D eigenvalue weighted by atomic mass is 16.5. The van der Waals surface area contributed by atoms with Crippen LogP contribution in [0.1, 0.15) is 23.6 Å². The second-order valence-corrected chi connectivity index (χ2v) is 5.10. The molecule has 94 valence electrons. The first-order valence-electron chi connectivity index (χ1n) is 6.18. The van der Waals surface area contributed by atoms with Gasteiger partial charge in [-0.1, -0.05) is 17.7 Å². The monoisotopic (exact) mass is 234 g/mol. The number of piperazine rings is 1. The first-order chi connectivity index (χ1) is 8.07. The summed E-state index contributed by atoms with van der Waals surface area (Å²) < 4.78 is 5.58. The number of ether oxygens (including phenoxy) is 1. The number of nitrogens with one attached hydrogen (secondary N) is 2. The molecule has 1 atom stereocenters. The van der Waals surface area contributed by atoms with E-state index in [1.807, 2.05) is 0 Å². The highest BCUT2D eigenvalue weighted by Gasteiger charge is 2.31. The van der Waals surface area contributed by atoms with Crippen LogP contribution in [0.5, 0.6) is 5.75 Å². The van der Waals surface area contributed by atoms with Crippen molar-refractivity contribution in [2.24, 2.45) is 0 Å². The Balaban J connectivity index is 2.49. The van der Waals surface area contributed by atoms with Gasteiger partial charge in [0.15, 0.2) is 0 Å². The van der Waals surface area contributed by atoms with E-state index in [0.29, 0.717) is 0 Å². The Morgan fingerprint density at radius 3 is 2.59 bits per heavy atom. The van der Waals surface area contributed by atoms with Gasteiger partial charge in [-0.15, -0.1) is 0 Å². The Morgan fingerprint density at radius 2 is 2.00 bits per heavy atom. The molecule has 1 heterocycles. The summed E-state index contributed by atoms with van der Waals surface area (Å²) >= 11 is 0. The van der Waals surface area contributed by atoms with E-state index >= 15 is 0 Å². The Hall–Kier alpha value is -1.06. The molecule has 2 rings (SSSR count). The van der Waals surface area contributed by atoms with E-state index in [2.05, 4.69) is 43.5 Å². The molecule has 17 heavy (non-hydrogen) atoms. The highest BCUT2D eigenvalue weighted by molar-refractivity contribution is 5.47. The summed E-state index contributed by atoms with van der Waals surface area (Å²) in [5, 5.41) is 7.04. The maximum atomic E-state index is 5.58. The van der Waals surface area contributed by atoms with Crippen molar-refractivity contribution in [3.8, 4) is 5.75 Å². The lowest BCUT2D eigenvalue weighted by molar-refractivity contribution is 0.289. The third-order valence-electron chi connectivity index (χ3n) is 3.51. The molecule has 0 radical (unpaired) electrons. The summed E-state index contributed by atoms with van der Waals surface area (Å²) in [5.41, 5.74) is 3.70. The molecule has 1 unspecified atom stereocenters. The van der Waals surface area contributed by atoms with Crippen LogP contribution in [0.15, 0.2) is 12.1 Å². The molecule has 0 amide bonds. The molecule has 1 fully saturated rings. The van der Waals surface area contributed by atoms with Crippen molar-refractivity contribution >= 4 is 0 Å². The highest BCUT2D eigenvalue weighted by Crippen LogP contribution is 2.34. The molecule has 0 aliphatic carbocycles. The lowest BCUT2D eigenvalue weighted by Gasteiger charge is -2.37. The molecule has 1 aromatic rings. The average Bonchev–Trinajstić information content (AvgIpc) is 2.29. The van der Waals surface area contributed by atoms with Crippen LogP contribution < -0.4 is 15.4 Å². The van der Waals surface area contributed by atoms with E-state index < -0.39 is 0 Å². The van der Waals surface area contributed by atoms with Crippen molar-refractivity contribution in [2.75, 3.05) is 26.7 Å². The van der Waals surface area contributed by atoms with Crippen molar-refractivity contribution in [1.29, 1.82) is 0 Å². The van der Waals surface area contributed by atoms with Gasteiger partial charge in [-0.05, 0) is 26.3 Å². The normalized spacial score (nSPS) is 24.7. The fraction of sp³-hybridized carbons (Fsp3) is 0.571. The molecule has 1 aromatic carbocycles. The quantitative estimate of drug-likeness (QED) is 0.817. The molecule has 1 saturated heterocycles. The fourth-order valence-electron chi connectivity index (χ4n) is 2.65. The zero-order chi connectivity index (χ0) is 12.5. The van der Waals surface area contributed by atoms with Crippen molar-refractivity contribution in [1.82, 2.24) is 10.6 Å². The number of rotatable bonds is 2. The van der Waals surface area contributed by atoms with E-state index in [1.165, 1.54) is 16.7 Å². The molecule has 3 nitrogen and oxygen atoms in total. The van der Waals surface area contributed by atoms with Gasteiger partial charge in [0.1, 0.15) is 5.75 Å². The third kappa shape index (κ3) is 2.31. The maximum absolute atomic E-state index is 5.58. The van der Waals surface area contributed by atoms with Crippen LogP contribution in [0, 0.1) is 13.8 Å². The summed E-state index contributed by atoms with van der Waals surface area (Å²) in [7, 11) is 1.75. The van der Waals surface area contributed by atoms with Gasteiger partial charge in [0, 0.05) is 25.2 Å². The van der Waals surface area contributed by atoms with Crippen LogP contribution in [0.2, 0.25) is 0 Å². The van der Waals surface area contributed by atoms with Crippen LogP contribution in [0.3, 0.4) is 0 Å². The standard InChI is InChI=1S/C14H22N2O/c1-10-7-11(2)13(17-4)12(8-10)14(3)9-15-5-6-16-14/h7-8,15-16H,5-6,9H2,1-4H3. The molecule has 0 spiro atoms. The minimum Gasteiger partial charge on any atom is -0.496 e. The number of benzene rings is 1. The molecule has 0 aromatic heterocycles. The Morgan fingerprint density at radius 1 is 1.24 bits per heavy atom. The van der Waals surface area contributed by atoms with Gasteiger partial charge >= 0.3 is 0 Å². The summed E-state index contributed by atoms with van der Waals surface area (Å²) in [6.45, 7) is 9.43. The molecule has 3 heteroatoms. The first kappa shape index (κ1) is 12.4. The van der Waals surface area contributed by atoms with Gasteiger partial charge in [0.25, 0.3) is 0 Å². The average molecular weight is 234 g/mol. The predicted molar refractivity (Wildman–Crippen MR) is 70.7 cm³/mol. The van der Waals surface area contributed by atoms with Crippen molar-refractivity contribution < 1.29 is 4.74 Å². The third-order valence-corrected chi connectivity index (χ3v) is 3.51. The van der Waals surface area contributed by atoms with Crippen LogP contribution in [-0.4, -0.2) is 26.7 Å². The van der Waals surface area contributed by atoms with Gasteiger partial charge in [-0.2, -0.15) is 0 Å². The number of hydrogen-bond acceptors (Lipinski definition) is 3. The molecule has 1 aliphatic rings. The lowest BCUT2D eigenvalue weighted by atomic mass is 9.87. The second kappa shape index (κ2) is 4.67. The van der Waals surface area contributed by atoms with E-state index in [1.54, 1.807) is 7.11 Å². The number of aryl methyl sites for hydroxylation is 2. The van der Waals surface area contributed by atoms with Crippen molar-refractivity contribution in [2.45, 2.75) is 26.3 Å². The molecular formula is C14H22N2O. The Labute approximate surface area is 104 Å². The van der Waals surface area contributed by atoms with Crippen LogP contribution >= 0.6 is 0 Å². The largest absolute Gasteiger partial charge is 0.496 e. The van der Waals surface area contributed by atoms with Gasteiger partial charge in [0.2, 0.25) is 0 Å². The van der Waals surface area contributed by atoms with E-state index in [0.717, 1.165) is 25.4 Å². The Bertz CT molecular complexity index is 409. The predicted octanol–water partition coefficient (Wildman–Crippen LogP) is 1.72. The van der Waals surface area contributed by atoms with Gasteiger partial charge < -0.3 is 15.4 Å². The zero-order valence-corrected chi connectivity index (χ0v) is 11.2. The fourth-order valence-corrected chi connectivity index (χ4v) is 2.65. The summed E-state index contributed by atoms with van der Waals surface area (Å²) in [6.07, 6.45) is 0. The van der Waals surface area contributed by atoms with Crippen LogP contribution in [-0.2, 0) is 5.54 Å². The van der Waals surface area contributed by atoms with Gasteiger partial charge in [0.05, 0.1) is 12.6 Å². The molecule has 1 aliphatic heterocycles. The molecular weight excluding hydrogens is 212 g/mol. The maximum Gasteiger partial charge on any atom is 0.126 e. The summed E-state index contributed by atoms with van der Waals surface area (Å²) in [6, 6.07) is 4.40. The summed E-state index contributed by atoms with van der Waals surface area (Å²) in [5.74, 6) is 1.01. The van der Waals surface area contributed by atoms with Crippen molar-refractivity contribution in [3.05, 3.63) is 28.8 Å². The number of hydrogen-bond donors (Lipinski definition) is 2. The second-order valence-electron chi connectivity index (χ2n) is 5.10. The minimum atomic E-state index is -0.0413. The SMILES string of the molecule is COc1c(C)cc(C)cc1C1(C)CNCCN1. The topological polar surface area (TPSA) is 33.3 Å². The molecule has 0 saturated carbocycles. The Kier molecular flexibility index (Phi) is 3.40. The van der Waals surface area contributed by atoms with Gasteiger partial charge in [-0.25, -0.2) is 0 Å². The first-order valence-corrected chi connectivity index (χ1v) is 6.18. The summed E-state index contributed by atoms with van der Waals surface area (Å²) in [4.78, 5) is 0. The number of methoxy groups -OCH3 is 1. The lowest BCUT2D eigenvalue weighted by Crippen LogP contribution is -2.55. The van der Waals surface area contributed by atoms with Crippen molar-refractivity contribution in [3.63, 3.8) is 0 Å². The molecule has 0 bridgehead atoms. The molecule has 2 N–H and O–H groups in total. The smallest absolute Gasteiger partial charge is 0.126 e. The van der Waals surface area contributed by atoms with E-state index in [9.17, 15) is 0 Å². The zero-order valence-electron chi connectivity index (χ0n) is 11.2.